The molecule has 162 valence electrons. The fourth-order valence-electron chi connectivity index (χ4n) is 3.62. The van der Waals surface area contributed by atoms with Gasteiger partial charge in [-0.1, -0.05) is 30.3 Å². The number of nitrogens with zero attached hydrogens (tertiary/aromatic N) is 3. The largest absolute Gasteiger partial charge is 0.388 e. The summed E-state index contributed by atoms with van der Waals surface area (Å²) in [6.45, 7) is 2.23. The van der Waals surface area contributed by atoms with Crippen molar-refractivity contribution in [2.75, 3.05) is 38.7 Å². The lowest BCUT2D eigenvalue weighted by Crippen LogP contribution is -2.49. The van der Waals surface area contributed by atoms with Gasteiger partial charge in [0.1, 0.15) is 5.82 Å². The lowest BCUT2D eigenvalue weighted by Gasteiger charge is -2.38. The smallest absolute Gasteiger partial charge is 0.255 e. The molecule has 0 spiro atoms. The highest BCUT2D eigenvalue weighted by atomic mass is 16.5. The van der Waals surface area contributed by atoms with Crippen LogP contribution >= 0.6 is 0 Å². The third kappa shape index (κ3) is 6.14. The third-order valence-corrected chi connectivity index (χ3v) is 5.47. The zero-order chi connectivity index (χ0) is 21.4. The number of amides is 1. The van der Waals surface area contributed by atoms with Crippen molar-refractivity contribution in [1.29, 1.82) is 0 Å². The lowest BCUT2D eigenvalue weighted by atomic mass is 9.91. The number of likely N-dealkylation sites (tertiary alicyclic amines) is 1. The first-order valence-electron chi connectivity index (χ1n) is 10.3. The van der Waals surface area contributed by atoms with Gasteiger partial charge in [-0.3, -0.25) is 14.2 Å². The fraction of sp³-hybridized carbons (Fsp3) is 0.500. The molecule has 1 aliphatic heterocycles. The van der Waals surface area contributed by atoms with E-state index in [2.05, 4.69) is 10.3 Å². The summed E-state index contributed by atoms with van der Waals surface area (Å²) in [6, 6.07) is 11.4. The van der Waals surface area contributed by atoms with Crippen LogP contribution in [0.15, 0.2) is 47.5 Å². The van der Waals surface area contributed by atoms with Crippen molar-refractivity contribution in [3.8, 4) is 0 Å². The predicted octanol–water partition coefficient (Wildman–Crippen LogP) is 1.29. The van der Waals surface area contributed by atoms with Gasteiger partial charge in [-0.15, -0.1) is 0 Å². The molecule has 2 heterocycles. The molecule has 3 rings (SSSR count). The fourth-order valence-corrected chi connectivity index (χ4v) is 3.62. The van der Waals surface area contributed by atoms with E-state index in [4.69, 9.17) is 4.74 Å². The summed E-state index contributed by atoms with van der Waals surface area (Å²) >= 11 is 0. The zero-order valence-electron chi connectivity index (χ0n) is 17.4. The molecule has 0 radical (unpaired) electrons. The number of methoxy groups -OCH3 is 1. The van der Waals surface area contributed by atoms with Gasteiger partial charge in [0, 0.05) is 39.2 Å². The van der Waals surface area contributed by atoms with Gasteiger partial charge in [-0.05, 0) is 24.8 Å². The van der Waals surface area contributed by atoms with Crippen LogP contribution in [0.2, 0.25) is 0 Å². The first-order chi connectivity index (χ1) is 14.5. The highest BCUT2D eigenvalue weighted by Crippen LogP contribution is 2.24. The molecule has 2 N–H and O–H groups in total. The van der Waals surface area contributed by atoms with E-state index in [1.807, 2.05) is 30.3 Å². The van der Waals surface area contributed by atoms with E-state index in [-0.39, 0.29) is 18.0 Å². The van der Waals surface area contributed by atoms with E-state index in [1.165, 1.54) is 17.0 Å². The Bertz CT molecular complexity index is 876. The highest BCUT2D eigenvalue weighted by Gasteiger charge is 2.34. The molecule has 0 atom stereocenters. The number of benzene rings is 1. The molecule has 1 saturated heterocycles. The van der Waals surface area contributed by atoms with Gasteiger partial charge in [-0.2, -0.15) is 0 Å². The average Bonchev–Trinajstić information content (AvgIpc) is 2.75. The Kier molecular flexibility index (Phi) is 7.59. The van der Waals surface area contributed by atoms with Gasteiger partial charge in [-0.25, -0.2) is 4.98 Å². The number of aryl methyl sites for hydroxylation is 1. The van der Waals surface area contributed by atoms with E-state index in [0.29, 0.717) is 57.7 Å². The van der Waals surface area contributed by atoms with Crippen LogP contribution in [0.1, 0.15) is 24.8 Å². The minimum Gasteiger partial charge on any atom is -0.388 e. The molecular formula is C22H30N4O4. The summed E-state index contributed by atoms with van der Waals surface area (Å²) in [5.41, 5.74) is -0.0988. The summed E-state index contributed by atoms with van der Waals surface area (Å²) in [7, 11) is 1.61. The Hall–Kier alpha value is -2.71. The van der Waals surface area contributed by atoms with Crippen molar-refractivity contribution in [3.63, 3.8) is 0 Å². The van der Waals surface area contributed by atoms with Crippen molar-refractivity contribution in [2.45, 2.75) is 37.8 Å². The predicted molar refractivity (Wildman–Crippen MR) is 114 cm³/mol. The van der Waals surface area contributed by atoms with Crippen molar-refractivity contribution < 1.29 is 14.6 Å². The molecule has 2 aromatic rings. The van der Waals surface area contributed by atoms with Crippen LogP contribution in [0.4, 0.5) is 5.82 Å². The first kappa shape index (κ1) is 22.0. The average molecular weight is 415 g/mol. The number of carbonyl (C=O) groups excluding carboxylic acids is 1. The van der Waals surface area contributed by atoms with E-state index < -0.39 is 5.60 Å². The number of aromatic nitrogens is 2. The van der Waals surface area contributed by atoms with Crippen LogP contribution in [-0.4, -0.2) is 64.4 Å². The Balaban J connectivity index is 1.49. The monoisotopic (exact) mass is 414 g/mol. The van der Waals surface area contributed by atoms with Crippen molar-refractivity contribution in [2.24, 2.45) is 0 Å². The van der Waals surface area contributed by atoms with Gasteiger partial charge >= 0.3 is 0 Å². The second-order valence-electron chi connectivity index (χ2n) is 7.75. The van der Waals surface area contributed by atoms with Crippen molar-refractivity contribution in [3.05, 3.63) is 58.6 Å². The van der Waals surface area contributed by atoms with Gasteiger partial charge in [0.05, 0.1) is 25.1 Å². The lowest BCUT2D eigenvalue weighted by molar-refractivity contribution is -0.135. The number of aliphatic hydroxyl groups is 1. The van der Waals surface area contributed by atoms with E-state index >= 15 is 0 Å². The maximum atomic E-state index is 12.5. The molecule has 1 fully saturated rings. The number of hydrogen-bond acceptors (Lipinski definition) is 6. The number of anilines is 1. The first-order valence-corrected chi connectivity index (χ1v) is 10.3. The minimum atomic E-state index is -1.02. The molecule has 8 nitrogen and oxygen atoms in total. The molecule has 1 aromatic heterocycles. The second-order valence-corrected chi connectivity index (χ2v) is 7.75. The van der Waals surface area contributed by atoms with Gasteiger partial charge in [0.2, 0.25) is 5.91 Å². The quantitative estimate of drug-likeness (QED) is 0.600. The minimum absolute atomic E-state index is 0.103. The highest BCUT2D eigenvalue weighted by molar-refractivity contribution is 5.76. The Morgan fingerprint density at radius 1 is 1.27 bits per heavy atom. The van der Waals surface area contributed by atoms with Crippen LogP contribution in [-0.2, 0) is 22.5 Å². The SMILES string of the molecule is COCCNc1cc(=O)n(CC2(O)CCN(C(=O)CCc3ccccc3)CC2)cn1. The summed E-state index contributed by atoms with van der Waals surface area (Å²) in [4.78, 5) is 30.9. The Morgan fingerprint density at radius 2 is 2.00 bits per heavy atom. The number of hydrogen-bond donors (Lipinski definition) is 2. The van der Waals surface area contributed by atoms with Gasteiger partial charge < -0.3 is 20.1 Å². The van der Waals surface area contributed by atoms with Gasteiger partial charge in [0.15, 0.2) is 0 Å². The van der Waals surface area contributed by atoms with Gasteiger partial charge in [0.25, 0.3) is 5.56 Å². The number of ether oxygens (including phenoxy) is 1. The maximum Gasteiger partial charge on any atom is 0.255 e. The Morgan fingerprint density at radius 3 is 2.67 bits per heavy atom. The van der Waals surface area contributed by atoms with Crippen LogP contribution < -0.4 is 10.9 Å². The molecule has 8 heteroatoms. The van der Waals surface area contributed by atoms with Crippen LogP contribution in [0, 0.1) is 0 Å². The topological polar surface area (TPSA) is 96.7 Å². The van der Waals surface area contributed by atoms with Crippen LogP contribution in [0.5, 0.6) is 0 Å². The Labute approximate surface area is 176 Å². The number of rotatable bonds is 9. The summed E-state index contributed by atoms with van der Waals surface area (Å²) in [5.74, 6) is 0.588. The van der Waals surface area contributed by atoms with Crippen LogP contribution in [0.3, 0.4) is 0 Å². The molecule has 30 heavy (non-hydrogen) atoms. The number of nitrogens with one attached hydrogen (secondary N) is 1. The van der Waals surface area contributed by atoms with E-state index in [9.17, 15) is 14.7 Å². The third-order valence-electron chi connectivity index (χ3n) is 5.47. The van der Waals surface area contributed by atoms with E-state index in [0.717, 1.165) is 5.56 Å². The molecule has 1 aliphatic rings. The summed E-state index contributed by atoms with van der Waals surface area (Å²) in [5, 5.41) is 14.0. The molecule has 0 aliphatic carbocycles. The molecule has 0 unspecified atom stereocenters. The standard InChI is InChI=1S/C22H30N4O4/c1-30-14-11-23-19-15-21(28)26(17-24-19)16-22(29)9-12-25(13-10-22)20(27)8-7-18-5-3-2-4-6-18/h2-6,15,17,23,29H,7-14,16H2,1H3. The number of carbonyl (C=O) groups is 1. The van der Waals surface area contributed by atoms with Crippen LogP contribution in [0.25, 0.3) is 0 Å². The maximum absolute atomic E-state index is 12.5. The van der Waals surface area contributed by atoms with Crippen molar-refractivity contribution in [1.82, 2.24) is 14.5 Å². The molecule has 0 bridgehead atoms. The summed E-state index contributed by atoms with van der Waals surface area (Å²) < 4.78 is 6.38. The normalized spacial score (nSPS) is 15.7. The molecule has 1 aromatic carbocycles. The molecular weight excluding hydrogens is 384 g/mol. The van der Waals surface area contributed by atoms with E-state index in [1.54, 1.807) is 12.0 Å². The summed E-state index contributed by atoms with van der Waals surface area (Å²) in [6.07, 6.45) is 3.50. The second kappa shape index (κ2) is 10.4. The molecule has 0 saturated carbocycles. The van der Waals surface area contributed by atoms with Crippen molar-refractivity contribution >= 4 is 11.7 Å². The number of piperidine rings is 1. The zero-order valence-corrected chi connectivity index (χ0v) is 17.4. The molecule has 1 amide bonds.